The second kappa shape index (κ2) is 3.62. The summed E-state index contributed by atoms with van der Waals surface area (Å²) < 4.78 is 64.8. The lowest BCUT2D eigenvalue weighted by molar-refractivity contribution is 0.380. The van der Waals surface area contributed by atoms with Gasteiger partial charge in [0.05, 0.1) is 11.1 Å². The highest BCUT2D eigenvalue weighted by molar-refractivity contribution is 5.74. The van der Waals surface area contributed by atoms with Gasteiger partial charge in [0.15, 0.2) is 29.0 Å². The summed E-state index contributed by atoms with van der Waals surface area (Å²) in [5.41, 5.74) is -5.79. The molecule has 0 unspecified atom stereocenters. The topological polar surface area (TPSA) is 54.4 Å². The lowest BCUT2D eigenvalue weighted by Crippen LogP contribution is -2.32. The zero-order valence-corrected chi connectivity index (χ0v) is 8.15. The third-order valence-electron chi connectivity index (χ3n) is 2.34. The van der Waals surface area contributed by atoms with Crippen molar-refractivity contribution in [2.24, 2.45) is 0 Å². The SMILES string of the molecule is O=c1c(O)c(-c2c(F)c(F)c(F)c(F)c2F)c1=O. The summed E-state index contributed by atoms with van der Waals surface area (Å²) in [4.78, 5) is 21.6. The first-order valence-corrected chi connectivity index (χ1v) is 4.33. The van der Waals surface area contributed by atoms with Gasteiger partial charge >= 0.3 is 0 Å². The Morgan fingerprint density at radius 1 is 0.611 bits per heavy atom. The van der Waals surface area contributed by atoms with Crippen LogP contribution < -0.4 is 10.9 Å². The molecule has 0 aliphatic rings. The standard InChI is InChI=1S/C10HF5O3/c11-3-1(2-8(16)10(18)9(2)17)4(12)6(14)7(15)5(3)13/h16H. The van der Waals surface area contributed by atoms with Crippen LogP contribution in [0.2, 0.25) is 0 Å². The minimum Gasteiger partial charge on any atom is -0.503 e. The Labute approximate surface area is 94.4 Å². The average Bonchev–Trinajstić information content (AvgIpc) is 2.37. The zero-order valence-electron chi connectivity index (χ0n) is 8.15. The quantitative estimate of drug-likeness (QED) is 0.366. The maximum absolute atomic E-state index is 13.2. The average molecular weight is 264 g/mol. The number of halogens is 5. The van der Waals surface area contributed by atoms with Crippen LogP contribution in [0.5, 0.6) is 5.75 Å². The highest BCUT2D eigenvalue weighted by Crippen LogP contribution is 2.33. The molecule has 0 spiro atoms. The molecule has 94 valence electrons. The number of aromatic hydroxyl groups is 1. The van der Waals surface area contributed by atoms with Gasteiger partial charge in [-0.25, -0.2) is 22.0 Å². The maximum atomic E-state index is 13.2. The van der Waals surface area contributed by atoms with E-state index < -0.39 is 56.8 Å². The molecule has 18 heavy (non-hydrogen) atoms. The Balaban J connectivity index is 2.91. The Hall–Kier alpha value is -2.25. The fourth-order valence-electron chi connectivity index (χ4n) is 1.44. The number of rotatable bonds is 1. The Kier molecular flexibility index (Phi) is 2.46. The van der Waals surface area contributed by atoms with Gasteiger partial charge in [-0.15, -0.1) is 0 Å². The first-order chi connectivity index (χ1) is 8.29. The Morgan fingerprint density at radius 2 is 1.00 bits per heavy atom. The van der Waals surface area contributed by atoms with Crippen LogP contribution in [-0.4, -0.2) is 5.11 Å². The van der Waals surface area contributed by atoms with E-state index in [1.165, 1.54) is 0 Å². The molecule has 0 saturated carbocycles. The van der Waals surface area contributed by atoms with Crippen molar-refractivity contribution in [2.45, 2.75) is 0 Å². The molecule has 1 N–H and O–H groups in total. The molecule has 0 aromatic heterocycles. The molecular formula is C10HF5O3. The van der Waals surface area contributed by atoms with E-state index in [1.54, 1.807) is 0 Å². The van der Waals surface area contributed by atoms with Crippen molar-refractivity contribution in [2.75, 3.05) is 0 Å². The summed E-state index contributed by atoms with van der Waals surface area (Å²) >= 11 is 0. The van der Waals surface area contributed by atoms with Crippen LogP contribution in [0, 0.1) is 29.1 Å². The van der Waals surface area contributed by atoms with Crippen LogP contribution >= 0.6 is 0 Å². The summed E-state index contributed by atoms with van der Waals surface area (Å²) in [7, 11) is 0. The Bertz CT molecular complexity index is 714. The van der Waals surface area contributed by atoms with Gasteiger partial charge in [-0.3, -0.25) is 9.59 Å². The van der Waals surface area contributed by atoms with E-state index in [-0.39, 0.29) is 0 Å². The monoisotopic (exact) mass is 264 g/mol. The normalized spacial score (nSPS) is 11.2. The van der Waals surface area contributed by atoms with Crippen LogP contribution in [0.15, 0.2) is 9.59 Å². The van der Waals surface area contributed by atoms with Gasteiger partial charge in [0.1, 0.15) is 0 Å². The molecular weight excluding hydrogens is 263 g/mol. The lowest BCUT2D eigenvalue weighted by atomic mass is 9.98. The van der Waals surface area contributed by atoms with Gasteiger partial charge in [0.2, 0.25) is 11.2 Å². The molecule has 0 aliphatic carbocycles. The molecule has 0 radical (unpaired) electrons. The molecule has 2 aromatic rings. The number of benzene rings is 1. The molecule has 8 heteroatoms. The van der Waals surface area contributed by atoms with Crippen molar-refractivity contribution in [1.29, 1.82) is 0 Å². The molecule has 0 amide bonds. The summed E-state index contributed by atoms with van der Waals surface area (Å²) in [5, 5.41) is 8.94. The van der Waals surface area contributed by atoms with E-state index in [0.29, 0.717) is 0 Å². The van der Waals surface area contributed by atoms with E-state index in [4.69, 9.17) is 5.11 Å². The fourth-order valence-corrected chi connectivity index (χ4v) is 1.44. The second-order valence-corrected chi connectivity index (χ2v) is 3.33. The maximum Gasteiger partial charge on any atom is 0.268 e. The molecule has 2 aromatic carbocycles. The van der Waals surface area contributed by atoms with Crippen molar-refractivity contribution in [3.8, 4) is 16.9 Å². The molecule has 0 heterocycles. The molecule has 0 saturated heterocycles. The minimum absolute atomic E-state index is 1.22. The molecule has 0 bridgehead atoms. The summed E-state index contributed by atoms with van der Waals surface area (Å²) in [6, 6.07) is 0. The predicted molar refractivity (Wildman–Crippen MR) is 48.2 cm³/mol. The number of hydrogen-bond donors (Lipinski definition) is 1. The van der Waals surface area contributed by atoms with Gasteiger partial charge in [-0.1, -0.05) is 0 Å². The van der Waals surface area contributed by atoms with Crippen molar-refractivity contribution < 1.29 is 27.1 Å². The van der Waals surface area contributed by atoms with Crippen molar-refractivity contribution in [3.63, 3.8) is 0 Å². The van der Waals surface area contributed by atoms with Crippen LogP contribution in [0.1, 0.15) is 0 Å². The molecule has 3 nitrogen and oxygen atoms in total. The largest absolute Gasteiger partial charge is 0.503 e. The van der Waals surface area contributed by atoms with Crippen LogP contribution in [0.4, 0.5) is 22.0 Å². The van der Waals surface area contributed by atoms with E-state index in [1.807, 2.05) is 0 Å². The van der Waals surface area contributed by atoms with Gasteiger partial charge in [0.25, 0.3) is 5.43 Å². The van der Waals surface area contributed by atoms with Gasteiger partial charge in [-0.05, 0) is 0 Å². The third kappa shape index (κ3) is 1.28. The van der Waals surface area contributed by atoms with E-state index in [9.17, 15) is 31.5 Å². The highest BCUT2D eigenvalue weighted by atomic mass is 19.2. The van der Waals surface area contributed by atoms with Gasteiger partial charge in [0, 0.05) is 0 Å². The third-order valence-corrected chi connectivity index (χ3v) is 2.34. The first kappa shape index (κ1) is 12.2. The van der Waals surface area contributed by atoms with Crippen molar-refractivity contribution in [1.82, 2.24) is 0 Å². The first-order valence-electron chi connectivity index (χ1n) is 4.33. The molecule has 2 rings (SSSR count). The summed E-state index contributed by atoms with van der Waals surface area (Å²) in [6.07, 6.45) is 0. The number of hydrogen-bond acceptors (Lipinski definition) is 3. The molecule has 0 atom stereocenters. The van der Waals surface area contributed by atoms with Crippen LogP contribution in [0.3, 0.4) is 0 Å². The van der Waals surface area contributed by atoms with Crippen molar-refractivity contribution in [3.05, 3.63) is 49.5 Å². The zero-order chi connectivity index (χ0) is 13.8. The predicted octanol–water partition coefficient (Wildman–Crippen LogP) is 1.35. The van der Waals surface area contributed by atoms with Crippen molar-refractivity contribution >= 4 is 0 Å². The van der Waals surface area contributed by atoms with E-state index >= 15 is 0 Å². The van der Waals surface area contributed by atoms with E-state index in [0.717, 1.165) is 0 Å². The molecule has 0 aliphatic heterocycles. The second-order valence-electron chi connectivity index (χ2n) is 3.33. The van der Waals surface area contributed by atoms with Crippen LogP contribution in [0.25, 0.3) is 11.1 Å². The van der Waals surface area contributed by atoms with E-state index in [2.05, 4.69) is 0 Å². The minimum atomic E-state index is -2.40. The Morgan fingerprint density at radius 3 is 1.39 bits per heavy atom. The molecule has 0 fully saturated rings. The fraction of sp³-hybridized carbons (Fsp3) is 0. The highest BCUT2D eigenvalue weighted by Gasteiger charge is 2.33. The van der Waals surface area contributed by atoms with Gasteiger partial charge in [-0.2, -0.15) is 0 Å². The lowest BCUT2D eigenvalue weighted by Gasteiger charge is -2.10. The summed E-state index contributed by atoms with van der Waals surface area (Å²) in [6.45, 7) is 0. The van der Waals surface area contributed by atoms with Gasteiger partial charge < -0.3 is 5.11 Å². The van der Waals surface area contributed by atoms with Crippen LogP contribution in [-0.2, 0) is 0 Å². The summed E-state index contributed by atoms with van der Waals surface area (Å²) in [5.74, 6) is -12.8. The smallest absolute Gasteiger partial charge is 0.268 e.